The maximum absolute atomic E-state index is 13.9. The van der Waals surface area contributed by atoms with Crippen molar-refractivity contribution in [3.8, 4) is 5.75 Å². The van der Waals surface area contributed by atoms with Gasteiger partial charge in [0.05, 0.1) is 5.41 Å². The third-order valence-electron chi connectivity index (χ3n) is 5.79. The first-order valence-corrected chi connectivity index (χ1v) is 12.0. The molecule has 1 amide bonds. The lowest BCUT2D eigenvalue weighted by Crippen LogP contribution is -2.43. The highest BCUT2D eigenvalue weighted by Gasteiger charge is 2.41. The van der Waals surface area contributed by atoms with Gasteiger partial charge in [-0.3, -0.25) is 4.79 Å². The molecular formula is C30H35NO4. The Kier molecular flexibility index (Phi) is 8.69. The van der Waals surface area contributed by atoms with Crippen molar-refractivity contribution in [3.63, 3.8) is 0 Å². The number of rotatable bonds is 9. The van der Waals surface area contributed by atoms with E-state index in [9.17, 15) is 9.59 Å². The molecule has 0 saturated heterocycles. The minimum Gasteiger partial charge on any atom is -0.444 e. The average Bonchev–Trinajstić information content (AvgIpc) is 2.83. The molecule has 0 saturated carbocycles. The maximum Gasteiger partial charge on any atom is 0.410 e. The Morgan fingerprint density at radius 2 is 1.20 bits per heavy atom. The topological polar surface area (TPSA) is 55.8 Å². The first-order valence-electron chi connectivity index (χ1n) is 12.0. The van der Waals surface area contributed by atoms with Gasteiger partial charge in [-0.05, 0) is 63.3 Å². The fourth-order valence-electron chi connectivity index (χ4n) is 3.98. The molecule has 5 heteroatoms. The van der Waals surface area contributed by atoms with Gasteiger partial charge >= 0.3 is 12.1 Å². The van der Waals surface area contributed by atoms with E-state index in [0.29, 0.717) is 31.6 Å². The van der Waals surface area contributed by atoms with Gasteiger partial charge in [-0.1, -0.05) is 78.9 Å². The first-order chi connectivity index (χ1) is 16.7. The van der Waals surface area contributed by atoms with Crippen LogP contribution in [-0.2, 0) is 22.4 Å². The van der Waals surface area contributed by atoms with Gasteiger partial charge in [0.25, 0.3) is 0 Å². The van der Waals surface area contributed by atoms with Crippen molar-refractivity contribution in [1.82, 2.24) is 4.90 Å². The maximum atomic E-state index is 13.9. The average molecular weight is 474 g/mol. The number of para-hydroxylation sites is 1. The van der Waals surface area contributed by atoms with Gasteiger partial charge in [0.2, 0.25) is 0 Å². The van der Waals surface area contributed by atoms with E-state index in [1.165, 1.54) is 4.90 Å². The van der Waals surface area contributed by atoms with Crippen LogP contribution in [0.3, 0.4) is 0 Å². The second kappa shape index (κ2) is 11.7. The molecule has 3 aromatic rings. The van der Waals surface area contributed by atoms with Crippen molar-refractivity contribution in [3.05, 3.63) is 102 Å². The van der Waals surface area contributed by atoms with E-state index in [4.69, 9.17) is 9.47 Å². The van der Waals surface area contributed by atoms with Crippen LogP contribution in [0.25, 0.3) is 0 Å². The second-order valence-corrected chi connectivity index (χ2v) is 9.96. The molecule has 0 radical (unpaired) electrons. The Balaban J connectivity index is 1.94. The number of benzene rings is 3. The summed E-state index contributed by atoms with van der Waals surface area (Å²) in [5, 5.41) is 0. The molecule has 184 valence electrons. The number of carbonyl (C=O) groups excluding carboxylic acids is 2. The van der Waals surface area contributed by atoms with E-state index in [2.05, 4.69) is 0 Å². The third kappa shape index (κ3) is 7.99. The zero-order valence-electron chi connectivity index (χ0n) is 21.1. The summed E-state index contributed by atoms with van der Waals surface area (Å²) in [5.41, 5.74) is 0.583. The molecular weight excluding hydrogens is 438 g/mol. The van der Waals surface area contributed by atoms with E-state index >= 15 is 0 Å². The van der Waals surface area contributed by atoms with Crippen molar-refractivity contribution in [2.24, 2.45) is 5.41 Å². The minimum atomic E-state index is -0.894. The van der Waals surface area contributed by atoms with E-state index in [1.807, 2.05) is 99.6 Å². The number of hydrogen-bond acceptors (Lipinski definition) is 4. The summed E-state index contributed by atoms with van der Waals surface area (Å²) in [6, 6.07) is 29.0. The van der Waals surface area contributed by atoms with Crippen LogP contribution < -0.4 is 4.74 Å². The van der Waals surface area contributed by atoms with Crippen LogP contribution in [0.5, 0.6) is 5.75 Å². The molecule has 0 aliphatic carbocycles. The van der Waals surface area contributed by atoms with Crippen LogP contribution >= 0.6 is 0 Å². The Hall–Kier alpha value is -3.60. The van der Waals surface area contributed by atoms with Crippen molar-refractivity contribution < 1.29 is 19.1 Å². The van der Waals surface area contributed by atoms with Crippen molar-refractivity contribution in [2.75, 3.05) is 13.6 Å². The second-order valence-electron chi connectivity index (χ2n) is 9.96. The molecule has 0 unspecified atom stereocenters. The Morgan fingerprint density at radius 1 is 0.743 bits per heavy atom. The lowest BCUT2D eigenvalue weighted by molar-refractivity contribution is -0.146. The van der Waals surface area contributed by atoms with Crippen LogP contribution in [0.4, 0.5) is 4.79 Å². The predicted molar refractivity (Wildman–Crippen MR) is 138 cm³/mol. The third-order valence-corrected chi connectivity index (χ3v) is 5.79. The van der Waals surface area contributed by atoms with Gasteiger partial charge < -0.3 is 14.4 Å². The number of esters is 1. The fourth-order valence-corrected chi connectivity index (χ4v) is 3.98. The lowest BCUT2D eigenvalue weighted by Gasteiger charge is -2.34. The molecule has 0 N–H and O–H groups in total. The highest BCUT2D eigenvalue weighted by atomic mass is 16.6. The van der Waals surface area contributed by atoms with E-state index in [0.717, 1.165) is 11.1 Å². The SMILES string of the molecule is CN(CCC(Cc1ccccc1)(Cc1ccccc1)C(=O)Oc1ccccc1)C(=O)OC(C)(C)C. The van der Waals surface area contributed by atoms with Gasteiger partial charge in [0.15, 0.2) is 0 Å². The molecule has 35 heavy (non-hydrogen) atoms. The molecule has 3 rings (SSSR count). The summed E-state index contributed by atoms with van der Waals surface area (Å²) in [6.07, 6.45) is 0.966. The Morgan fingerprint density at radius 3 is 1.66 bits per heavy atom. The Bertz CT molecular complexity index is 1030. The number of ether oxygens (including phenoxy) is 2. The molecule has 0 aliphatic heterocycles. The molecule has 3 aromatic carbocycles. The van der Waals surface area contributed by atoms with Gasteiger partial charge in [-0.25, -0.2) is 4.79 Å². The monoisotopic (exact) mass is 473 g/mol. The standard InChI is InChI=1S/C30H35NO4/c1-29(2,3)35-28(33)31(4)21-20-30(22-24-14-8-5-9-15-24,23-25-16-10-6-11-17-25)27(32)34-26-18-12-7-13-19-26/h5-19H,20-23H2,1-4H3. The Labute approximate surface area is 208 Å². The molecule has 0 heterocycles. The summed E-state index contributed by atoms with van der Waals surface area (Å²) >= 11 is 0. The molecule has 0 spiro atoms. The largest absolute Gasteiger partial charge is 0.444 e. The van der Waals surface area contributed by atoms with Crippen LogP contribution in [0.1, 0.15) is 38.3 Å². The molecule has 0 aromatic heterocycles. The number of amides is 1. The summed E-state index contributed by atoms with van der Waals surface area (Å²) in [4.78, 5) is 28.1. The van der Waals surface area contributed by atoms with Gasteiger partial charge in [0, 0.05) is 13.6 Å². The molecule has 0 atom stereocenters. The zero-order valence-corrected chi connectivity index (χ0v) is 21.1. The first kappa shape index (κ1) is 26.0. The van der Waals surface area contributed by atoms with Crippen molar-refractivity contribution >= 4 is 12.1 Å². The fraction of sp³-hybridized carbons (Fsp3) is 0.333. The van der Waals surface area contributed by atoms with Gasteiger partial charge in [-0.2, -0.15) is 0 Å². The van der Waals surface area contributed by atoms with E-state index in [-0.39, 0.29) is 5.97 Å². The quantitative estimate of drug-likeness (QED) is 0.269. The van der Waals surface area contributed by atoms with Gasteiger partial charge in [0.1, 0.15) is 11.4 Å². The highest BCUT2D eigenvalue weighted by Crippen LogP contribution is 2.35. The van der Waals surface area contributed by atoms with Crippen LogP contribution in [0.15, 0.2) is 91.0 Å². The smallest absolute Gasteiger partial charge is 0.410 e. The van der Waals surface area contributed by atoms with E-state index in [1.54, 1.807) is 19.2 Å². The molecule has 5 nitrogen and oxygen atoms in total. The molecule has 0 bridgehead atoms. The summed E-state index contributed by atoms with van der Waals surface area (Å²) in [5.74, 6) is 0.192. The van der Waals surface area contributed by atoms with Crippen molar-refractivity contribution in [1.29, 1.82) is 0 Å². The van der Waals surface area contributed by atoms with E-state index < -0.39 is 17.1 Å². The lowest BCUT2D eigenvalue weighted by atomic mass is 9.73. The van der Waals surface area contributed by atoms with Crippen molar-refractivity contribution in [2.45, 2.75) is 45.6 Å². The van der Waals surface area contributed by atoms with Gasteiger partial charge in [-0.15, -0.1) is 0 Å². The summed E-state index contributed by atoms with van der Waals surface area (Å²) < 4.78 is 11.5. The number of nitrogens with zero attached hydrogens (tertiary/aromatic N) is 1. The minimum absolute atomic E-state index is 0.311. The summed E-state index contributed by atoms with van der Waals surface area (Å²) in [7, 11) is 1.70. The summed E-state index contributed by atoms with van der Waals surface area (Å²) in [6.45, 7) is 5.86. The molecule has 0 aliphatic rings. The van der Waals surface area contributed by atoms with Crippen LogP contribution in [0.2, 0.25) is 0 Å². The van der Waals surface area contributed by atoms with Crippen LogP contribution in [0, 0.1) is 5.41 Å². The van der Waals surface area contributed by atoms with Crippen LogP contribution in [-0.4, -0.2) is 36.2 Å². The molecule has 0 fully saturated rings. The predicted octanol–water partition coefficient (Wildman–Crippen LogP) is 6.32. The number of hydrogen-bond donors (Lipinski definition) is 0. The normalized spacial score (nSPS) is 11.5. The number of carbonyl (C=O) groups is 2. The highest BCUT2D eigenvalue weighted by molar-refractivity contribution is 5.80. The zero-order chi connectivity index (χ0) is 25.3.